The van der Waals surface area contributed by atoms with Crippen molar-refractivity contribution in [1.82, 2.24) is 0 Å². The highest BCUT2D eigenvalue weighted by Crippen LogP contribution is 2.77. The Bertz CT molecular complexity index is 1160. The summed E-state index contributed by atoms with van der Waals surface area (Å²) in [6.45, 7) is 20.3. The topological polar surface area (TPSA) is 43.4 Å². The molecule has 0 aromatic rings. The molecule has 0 aliphatic heterocycles. The van der Waals surface area contributed by atoms with Crippen molar-refractivity contribution in [3.8, 4) is 0 Å². The lowest BCUT2D eigenvalue weighted by Crippen LogP contribution is -2.65. The normalized spacial score (nSPS) is 48.2. The van der Waals surface area contributed by atoms with Crippen molar-refractivity contribution in [1.29, 1.82) is 0 Å². The van der Waals surface area contributed by atoms with E-state index in [2.05, 4.69) is 41.2 Å². The largest absolute Gasteiger partial charge is 0.534 e. The van der Waals surface area contributed by atoms with Crippen LogP contribution in [0.25, 0.3) is 0 Å². The van der Waals surface area contributed by atoms with E-state index in [9.17, 15) is 21.6 Å². The first-order valence-corrected chi connectivity index (χ1v) is 16.0. The third kappa shape index (κ3) is 3.61. The maximum Gasteiger partial charge on any atom is 0.534 e. The average Bonchev–Trinajstić information content (AvgIpc) is 3.13. The van der Waals surface area contributed by atoms with E-state index in [0.29, 0.717) is 35.5 Å². The molecule has 0 bridgehead atoms. The fourth-order valence-corrected chi connectivity index (χ4v) is 12.0. The van der Waals surface area contributed by atoms with Crippen molar-refractivity contribution in [2.24, 2.45) is 56.7 Å². The van der Waals surface area contributed by atoms with Crippen LogP contribution in [0.15, 0.2) is 24.0 Å². The van der Waals surface area contributed by atoms with E-state index in [1.165, 1.54) is 37.7 Å². The predicted molar refractivity (Wildman–Crippen MR) is 144 cm³/mol. The van der Waals surface area contributed by atoms with Crippen LogP contribution in [0.3, 0.4) is 0 Å². The van der Waals surface area contributed by atoms with Crippen LogP contribution in [0.2, 0.25) is 0 Å². The van der Waals surface area contributed by atoms with Gasteiger partial charge in [-0.3, -0.25) is 0 Å². The van der Waals surface area contributed by atoms with Gasteiger partial charge in [0.15, 0.2) is 0 Å². The molecule has 0 N–H and O–H groups in total. The first-order valence-electron chi connectivity index (χ1n) is 14.6. The molecule has 3 nitrogen and oxygen atoms in total. The smallest absolute Gasteiger partial charge is 0.380 e. The minimum absolute atomic E-state index is 0.0375. The van der Waals surface area contributed by atoms with Crippen LogP contribution >= 0.6 is 0 Å². The van der Waals surface area contributed by atoms with Crippen LogP contribution in [-0.4, -0.2) is 13.9 Å². The lowest BCUT2D eigenvalue weighted by Gasteiger charge is -2.72. The molecule has 0 aromatic carbocycles. The second-order valence-corrected chi connectivity index (χ2v) is 16.9. The van der Waals surface area contributed by atoms with Crippen LogP contribution in [0.4, 0.5) is 13.2 Å². The van der Waals surface area contributed by atoms with Gasteiger partial charge in [-0.05, 0) is 122 Å². The van der Waals surface area contributed by atoms with Crippen LogP contribution in [0, 0.1) is 56.7 Å². The van der Waals surface area contributed by atoms with Crippen LogP contribution in [0.5, 0.6) is 0 Å². The second kappa shape index (κ2) is 8.28. The van der Waals surface area contributed by atoms with Crippen molar-refractivity contribution in [2.75, 3.05) is 0 Å². The molecule has 0 amide bonds. The van der Waals surface area contributed by atoms with Gasteiger partial charge in [-0.25, -0.2) is 0 Å². The molecular formula is C31H47F3O3S. The molecular weight excluding hydrogens is 509 g/mol. The van der Waals surface area contributed by atoms with Crippen molar-refractivity contribution in [3.05, 3.63) is 24.0 Å². The minimum Gasteiger partial charge on any atom is -0.380 e. The highest BCUT2D eigenvalue weighted by atomic mass is 32.2. The number of halogens is 3. The van der Waals surface area contributed by atoms with E-state index < -0.39 is 21.0 Å². The van der Waals surface area contributed by atoms with Gasteiger partial charge in [0.05, 0.1) is 0 Å². The van der Waals surface area contributed by atoms with Gasteiger partial charge in [-0.2, -0.15) is 21.6 Å². The number of hydrogen-bond acceptors (Lipinski definition) is 3. The summed E-state index contributed by atoms with van der Waals surface area (Å²) in [6, 6.07) is 0. The molecule has 0 heterocycles. The molecule has 0 aromatic heterocycles. The molecule has 4 fully saturated rings. The monoisotopic (exact) mass is 556 g/mol. The second-order valence-electron chi connectivity index (χ2n) is 15.3. The molecule has 5 aliphatic carbocycles. The Morgan fingerprint density at radius 3 is 2.18 bits per heavy atom. The van der Waals surface area contributed by atoms with E-state index in [-0.39, 0.29) is 27.9 Å². The maximum absolute atomic E-state index is 13.2. The van der Waals surface area contributed by atoms with Gasteiger partial charge in [0.25, 0.3) is 0 Å². The first-order chi connectivity index (χ1) is 17.2. The minimum atomic E-state index is -5.69. The standard InChI is InChI=1S/C31H47F3O3S/c1-19(2)20-11-14-27(5)17-18-29(7)21(25(20)27)9-10-23-28(6)15-13-24(37-38(35,36)31(32,33)34)26(3,4)22(28)12-16-30(23,29)8/h13,20-23,25H,1,9-12,14-18H2,2-8H3/t20-,21+,22-,23+,25+,27+,28-,29+,30+/m0/s1. The molecule has 0 spiro atoms. The van der Waals surface area contributed by atoms with Crippen molar-refractivity contribution >= 4 is 10.1 Å². The van der Waals surface area contributed by atoms with E-state index in [4.69, 9.17) is 4.18 Å². The van der Waals surface area contributed by atoms with E-state index in [1.807, 2.05) is 13.8 Å². The molecule has 0 radical (unpaired) electrons. The summed E-state index contributed by atoms with van der Waals surface area (Å²) in [6.07, 6.45) is 11.5. The van der Waals surface area contributed by atoms with E-state index in [1.54, 1.807) is 6.08 Å². The molecule has 7 heteroatoms. The Morgan fingerprint density at radius 1 is 0.921 bits per heavy atom. The molecule has 5 rings (SSSR count). The van der Waals surface area contributed by atoms with Crippen molar-refractivity contribution in [2.45, 2.75) is 112 Å². The van der Waals surface area contributed by atoms with Crippen LogP contribution < -0.4 is 0 Å². The van der Waals surface area contributed by atoms with Gasteiger partial charge in [-0.15, -0.1) is 0 Å². The number of hydrogen-bond donors (Lipinski definition) is 0. The molecule has 5 aliphatic rings. The average molecular weight is 557 g/mol. The number of alkyl halides is 3. The zero-order valence-corrected chi connectivity index (χ0v) is 25.1. The van der Waals surface area contributed by atoms with Crippen molar-refractivity contribution in [3.63, 3.8) is 0 Å². The summed E-state index contributed by atoms with van der Waals surface area (Å²) in [5.41, 5.74) is -4.28. The molecule has 0 saturated heterocycles. The zero-order chi connectivity index (χ0) is 28.3. The van der Waals surface area contributed by atoms with Crippen molar-refractivity contribution < 1.29 is 25.8 Å². The summed E-state index contributed by atoms with van der Waals surface area (Å²) >= 11 is 0. The van der Waals surface area contributed by atoms with Gasteiger partial charge < -0.3 is 4.18 Å². The fourth-order valence-electron chi connectivity index (χ4n) is 11.4. The number of rotatable bonds is 3. The summed E-state index contributed by atoms with van der Waals surface area (Å²) < 4.78 is 68.2. The number of allylic oxidation sites excluding steroid dienone is 3. The third-order valence-electron chi connectivity index (χ3n) is 13.5. The lowest BCUT2D eigenvalue weighted by atomic mass is 9.33. The predicted octanol–water partition coefficient (Wildman–Crippen LogP) is 9.02. The van der Waals surface area contributed by atoms with Gasteiger partial charge in [0, 0.05) is 5.41 Å². The Hall–Kier alpha value is -0.980. The Morgan fingerprint density at radius 2 is 1.58 bits per heavy atom. The summed E-state index contributed by atoms with van der Waals surface area (Å²) in [5, 5.41) is 0. The SMILES string of the molecule is C=C(C)[C@@H]1CC[C@]2(C)CC[C@]3(C)[C@H](CC[C@@H]4[C@@]5(C)CC=C(OS(=O)(=O)C(F)(F)F)C(C)(C)[C@@H]5CC[C@]43C)[C@@H]12. The maximum atomic E-state index is 13.2. The third-order valence-corrected chi connectivity index (χ3v) is 14.4. The van der Waals surface area contributed by atoms with Crippen LogP contribution in [-0.2, 0) is 14.3 Å². The lowest BCUT2D eigenvalue weighted by molar-refractivity contribution is -0.227. The zero-order valence-electron chi connectivity index (χ0n) is 24.3. The van der Waals surface area contributed by atoms with Crippen LogP contribution in [0.1, 0.15) is 106 Å². The quantitative estimate of drug-likeness (QED) is 0.198. The molecule has 0 unspecified atom stereocenters. The Labute approximate surface area is 228 Å². The van der Waals surface area contributed by atoms with Gasteiger partial charge in [0.1, 0.15) is 5.76 Å². The highest BCUT2D eigenvalue weighted by Gasteiger charge is 2.70. The molecule has 38 heavy (non-hydrogen) atoms. The van der Waals surface area contributed by atoms with Gasteiger partial charge in [0.2, 0.25) is 0 Å². The molecule has 9 atom stereocenters. The van der Waals surface area contributed by atoms with Gasteiger partial charge >= 0.3 is 15.6 Å². The summed E-state index contributed by atoms with van der Waals surface area (Å²) in [7, 11) is -5.69. The molecule has 4 saturated carbocycles. The Balaban J connectivity index is 1.51. The fraction of sp³-hybridized carbons (Fsp3) is 0.871. The van der Waals surface area contributed by atoms with Gasteiger partial charge in [-0.1, -0.05) is 53.7 Å². The molecule has 216 valence electrons. The summed E-state index contributed by atoms with van der Waals surface area (Å²) in [4.78, 5) is 0. The Kier molecular flexibility index (Phi) is 6.22. The highest BCUT2D eigenvalue weighted by molar-refractivity contribution is 7.87. The van der Waals surface area contributed by atoms with E-state index in [0.717, 1.165) is 19.3 Å². The van der Waals surface area contributed by atoms with E-state index >= 15 is 0 Å². The first kappa shape index (κ1) is 28.5. The number of fused-ring (bicyclic) bond motifs is 7. The summed E-state index contributed by atoms with van der Waals surface area (Å²) in [5.74, 6) is 2.39.